The fourth-order valence-electron chi connectivity index (χ4n) is 2.10. The molecule has 116 valence electrons. The number of anilines is 1. The zero-order valence-corrected chi connectivity index (χ0v) is 13.2. The Morgan fingerprint density at radius 3 is 2.52 bits per heavy atom. The first kappa shape index (κ1) is 16.5. The first-order valence-electron chi connectivity index (χ1n) is 6.90. The molecule has 1 aromatic carbocycles. The number of benzene rings is 1. The van der Waals surface area contributed by atoms with Crippen LogP contribution in [0, 0.1) is 0 Å². The summed E-state index contributed by atoms with van der Waals surface area (Å²) in [5.74, 6) is -0.115. The molecular formula is C14H19Cl2N3O2. The zero-order valence-electron chi connectivity index (χ0n) is 11.7. The molecule has 0 radical (unpaired) electrons. The molecule has 21 heavy (non-hydrogen) atoms. The third kappa shape index (κ3) is 6.20. The normalized spacial score (nSPS) is 15.9. The Balaban J connectivity index is 1.65. The van der Waals surface area contributed by atoms with Gasteiger partial charge in [-0.3, -0.25) is 9.69 Å². The van der Waals surface area contributed by atoms with E-state index in [0.717, 1.165) is 39.4 Å². The lowest BCUT2D eigenvalue weighted by Crippen LogP contribution is -2.41. The molecule has 0 bridgehead atoms. The molecule has 5 nitrogen and oxygen atoms in total. The van der Waals surface area contributed by atoms with Gasteiger partial charge in [-0.05, 0) is 18.2 Å². The number of amides is 1. The molecule has 0 aliphatic carbocycles. The van der Waals surface area contributed by atoms with E-state index in [9.17, 15) is 4.79 Å². The second-order valence-electron chi connectivity index (χ2n) is 4.84. The maximum absolute atomic E-state index is 11.8. The van der Waals surface area contributed by atoms with Gasteiger partial charge in [-0.25, -0.2) is 0 Å². The number of hydrogen-bond donors (Lipinski definition) is 2. The Bertz CT molecular complexity index is 459. The Kier molecular flexibility index (Phi) is 6.73. The highest BCUT2D eigenvalue weighted by Crippen LogP contribution is 2.22. The first-order chi connectivity index (χ1) is 10.1. The molecule has 0 saturated carbocycles. The van der Waals surface area contributed by atoms with Gasteiger partial charge in [0.25, 0.3) is 0 Å². The van der Waals surface area contributed by atoms with E-state index < -0.39 is 0 Å². The molecule has 2 rings (SSSR count). The van der Waals surface area contributed by atoms with Gasteiger partial charge >= 0.3 is 0 Å². The Labute approximate surface area is 134 Å². The van der Waals surface area contributed by atoms with E-state index in [2.05, 4.69) is 15.5 Å². The Morgan fingerprint density at radius 2 is 1.86 bits per heavy atom. The second kappa shape index (κ2) is 8.56. The average molecular weight is 332 g/mol. The van der Waals surface area contributed by atoms with Gasteiger partial charge in [-0.1, -0.05) is 23.2 Å². The molecule has 1 aromatic rings. The molecule has 2 N–H and O–H groups in total. The molecule has 1 heterocycles. The Hall–Kier alpha value is -0.850. The van der Waals surface area contributed by atoms with Crippen molar-refractivity contribution in [2.75, 3.05) is 51.3 Å². The van der Waals surface area contributed by atoms with E-state index in [1.54, 1.807) is 18.2 Å². The van der Waals surface area contributed by atoms with Crippen LogP contribution in [0.25, 0.3) is 0 Å². The molecule has 0 atom stereocenters. The van der Waals surface area contributed by atoms with Crippen LogP contribution in [0.4, 0.5) is 5.69 Å². The van der Waals surface area contributed by atoms with Crippen LogP contribution in [-0.4, -0.2) is 56.7 Å². The van der Waals surface area contributed by atoms with Gasteiger partial charge in [0, 0.05) is 41.9 Å². The van der Waals surface area contributed by atoms with E-state index in [1.165, 1.54) is 0 Å². The summed E-state index contributed by atoms with van der Waals surface area (Å²) < 4.78 is 5.28. The van der Waals surface area contributed by atoms with Crippen molar-refractivity contribution in [3.05, 3.63) is 28.2 Å². The molecule has 7 heteroatoms. The molecule has 0 spiro atoms. The quantitative estimate of drug-likeness (QED) is 0.781. The van der Waals surface area contributed by atoms with Crippen LogP contribution in [0.2, 0.25) is 10.0 Å². The average Bonchev–Trinajstić information content (AvgIpc) is 2.43. The van der Waals surface area contributed by atoms with Crippen LogP contribution < -0.4 is 10.6 Å². The highest BCUT2D eigenvalue weighted by atomic mass is 35.5. The number of rotatable bonds is 6. The van der Waals surface area contributed by atoms with E-state index in [4.69, 9.17) is 27.9 Å². The molecular weight excluding hydrogens is 313 g/mol. The highest BCUT2D eigenvalue weighted by Gasteiger charge is 2.09. The summed E-state index contributed by atoms with van der Waals surface area (Å²) in [4.78, 5) is 14.1. The van der Waals surface area contributed by atoms with Crippen LogP contribution in [0.5, 0.6) is 0 Å². The van der Waals surface area contributed by atoms with E-state index >= 15 is 0 Å². The number of carbonyl (C=O) groups excluding carboxylic acids is 1. The third-order valence-electron chi connectivity index (χ3n) is 3.14. The number of carbonyl (C=O) groups is 1. The summed E-state index contributed by atoms with van der Waals surface area (Å²) in [5, 5.41) is 6.88. The second-order valence-corrected chi connectivity index (χ2v) is 5.71. The van der Waals surface area contributed by atoms with Crippen LogP contribution in [0.1, 0.15) is 0 Å². The fourth-order valence-corrected chi connectivity index (χ4v) is 2.62. The van der Waals surface area contributed by atoms with Crippen molar-refractivity contribution in [1.29, 1.82) is 0 Å². The maximum atomic E-state index is 11.8. The number of morpholine rings is 1. The molecule has 1 fully saturated rings. The fraction of sp³-hybridized carbons (Fsp3) is 0.500. The standard InChI is InChI=1S/C14H19Cl2N3O2/c15-11-7-12(16)9-13(8-11)18-14(20)10-17-1-2-19-3-5-21-6-4-19/h7-9,17H,1-6,10H2,(H,18,20). The molecule has 1 amide bonds. The number of nitrogens with one attached hydrogen (secondary N) is 2. The smallest absolute Gasteiger partial charge is 0.238 e. The predicted molar refractivity (Wildman–Crippen MR) is 85.2 cm³/mol. The molecule has 0 unspecified atom stereocenters. The van der Waals surface area contributed by atoms with Crippen LogP contribution in [0.15, 0.2) is 18.2 Å². The van der Waals surface area contributed by atoms with Crippen LogP contribution in [-0.2, 0) is 9.53 Å². The minimum absolute atomic E-state index is 0.115. The maximum Gasteiger partial charge on any atom is 0.238 e. The lowest BCUT2D eigenvalue weighted by Gasteiger charge is -2.26. The van der Waals surface area contributed by atoms with Gasteiger partial charge in [-0.15, -0.1) is 0 Å². The zero-order chi connectivity index (χ0) is 15.1. The lowest BCUT2D eigenvalue weighted by molar-refractivity contribution is -0.115. The predicted octanol–water partition coefficient (Wildman–Crippen LogP) is 1.85. The van der Waals surface area contributed by atoms with Crippen molar-refractivity contribution in [1.82, 2.24) is 10.2 Å². The van der Waals surface area contributed by atoms with Crippen LogP contribution in [0.3, 0.4) is 0 Å². The summed E-state index contributed by atoms with van der Waals surface area (Å²) in [6.45, 7) is 5.42. The van der Waals surface area contributed by atoms with Gasteiger partial charge in [0.2, 0.25) is 5.91 Å². The van der Waals surface area contributed by atoms with Crippen molar-refractivity contribution in [2.45, 2.75) is 0 Å². The minimum Gasteiger partial charge on any atom is -0.379 e. The largest absolute Gasteiger partial charge is 0.379 e. The van der Waals surface area contributed by atoms with E-state index in [-0.39, 0.29) is 12.5 Å². The summed E-state index contributed by atoms with van der Waals surface area (Å²) in [7, 11) is 0. The molecule has 1 saturated heterocycles. The monoisotopic (exact) mass is 331 g/mol. The minimum atomic E-state index is -0.115. The summed E-state index contributed by atoms with van der Waals surface area (Å²) >= 11 is 11.8. The summed E-state index contributed by atoms with van der Waals surface area (Å²) in [6, 6.07) is 4.96. The van der Waals surface area contributed by atoms with Gasteiger partial charge in [0.15, 0.2) is 0 Å². The van der Waals surface area contributed by atoms with Crippen molar-refractivity contribution in [2.24, 2.45) is 0 Å². The highest BCUT2D eigenvalue weighted by molar-refractivity contribution is 6.35. The van der Waals surface area contributed by atoms with Gasteiger partial charge in [0.1, 0.15) is 0 Å². The number of ether oxygens (including phenoxy) is 1. The topological polar surface area (TPSA) is 53.6 Å². The number of hydrogen-bond acceptors (Lipinski definition) is 4. The first-order valence-corrected chi connectivity index (χ1v) is 7.66. The molecule has 0 aromatic heterocycles. The Morgan fingerprint density at radius 1 is 1.19 bits per heavy atom. The van der Waals surface area contributed by atoms with E-state index in [1.807, 2.05) is 0 Å². The van der Waals surface area contributed by atoms with E-state index in [0.29, 0.717) is 15.7 Å². The van der Waals surface area contributed by atoms with Gasteiger partial charge in [-0.2, -0.15) is 0 Å². The van der Waals surface area contributed by atoms with Gasteiger partial charge in [0.05, 0.1) is 19.8 Å². The number of nitrogens with zero attached hydrogens (tertiary/aromatic N) is 1. The summed E-state index contributed by atoms with van der Waals surface area (Å²) in [6.07, 6.45) is 0. The van der Waals surface area contributed by atoms with Crippen molar-refractivity contribution >= 4 is 34.8 Å². The number of halogens is 2. The van der Waals surface area contributed by atoms with Gasteiger partial charge < -0.3 is 15.4 Å². The van der Waals surface area contributed by atoms with Crippen molar-refractivity contribution in [3.8, 4) is 0 Å². The van der Waals surface area contributed by atoms with Crippen LogP contribution >= 0.6 is 23.2 Å². The van der Waals surface area contributed by atoms with Crippen molar-refractivity contribution < 1.29 is 9.53 Å². The SMILES string of the molecule is O=C(CNCCN1CCOCC1)Nc1cc(Cl)cc(Cl)c1. The summed E-state index contributed by atoms with van der Waals surface area (Å²) in [5.41, 5.74) is 0.604. The molecule has 1 aliphatic heterocycles. The van der Waals surface area contributed by atoms with Crippen molar-refractivity contribution in [3.63, 3.8) is 0 Å². The third-order valence-corrected chi connectivity index (χ3v) is 3.58. The molecule has 1 aliphatic rings. The lowest BCUT2D eigenvalue weighted by atomic mass is 10.3.